The van der Waals surface area contributed by atoms with Crippen molar-refractivity contribution in [1.29, 1.82) is 0 Å². The Morgan fingerprint density at radius 2 is 2.04 bits per heavy atom. The van der Waals surface area contributed by atoms with Gasteiger partial charge in [-0.1, -0.05) is 32.9 Å². The molecule has 2 heterocycles. The molecule has 1 aromatic heterocycles. The van der Waals surface area contributed by atoms with Crippen LogP contribution in [0.3, 0.4) is 0 Å². The molecular formula is C19H24N2O3. The predicted octanol–water partition coefficient (Wildman–Crippen LogP) is 3.08. The number of ether oxygens (including phenoxy) is 2. The van der Waals surface area contributed by atoms with E-state index in [0.29, 0.717) is 24.7 Å². The number of rotatable bonds is 5. The molecule has 1 atom stereocenters. The molecule has 0 amide bonds. The highest BCUT2D eigenvalue weighted by Crippen LogP contribution is 2.28. The maximum Gasteiger partial charge on any atom is 0.300 e. The summed E-state index contributed by atoms with van der Waals surface area (Å²) in [4.78, 5) is 15.5. The van der Waals surface area contributed by atoms with E-state index < -0.39 is 0 Å². The van der Waals surface area contributed by atoms with Crippen LogP contribution in [0.2, 0.25) is 0 Å². The first kappa shape index (κ1) is 16.6. The number of fused-ring (bicyclic) bond motifs is 1. The number of benzene rings is 1. The van der Waals surface area contributed by atoms with Crippen LogP contribution in [0.25, 0.3) is 0 Å². The summed E-state index contributed by atoms with van der Waals surface area (Å²) in [6, 6.07) is 8.61. The lowest BCUT2D eigenvalue weighted by Gasteiger charge is -2.23. The van der Waals surface area contributed by atoms with E-state index in [2.05, 4.69) is 37.9 Å². The van der Waals surface area contributed by atoms with Gasteiger partial charge < -0.3 is 9.47 Å². The van der Waals surface area contributed by atoms with Crippen molar-refractivity contribution in [3.05, 3.63) is 51.9 Å². The van der Waals surface area contributed by atoms with Crippen LogP contribution < -0.4 is 15.0 Å². The molecule has 0 fully saturated rings. The van der Waals surface area contributed by atoms with Crippen molar-refractivity contribution in [3.63, 3.8) is 0 Å². The highest BCUT2D eigenvalue weighted by molar-refractivity contribution is 5.31. The highest BCUT2D eigenvalue weighted by Gasteiger charge is 2.24. The molecule has 1 aliphatic rings. The summed E-state index contributed by atoms with van der Waals surface area (Å²) in [6.07, 6.45) is 2.74. The van der Waals surface area contributed by atoms with Crippen LogP contribution in [0.5, 0.6) is 11.8 Å². The molecule has 1 aliphatic heterocycles. The first-order chi connectivity index (χ1) is 11.4. The zero-order valence-corrected chi connectivity index (χ0v) is 14.7. The SMILES string of the molecule is CCC(C)(C)c1ccc(OC[C@@H]2Cn3cc(C)c(=O)nc3O2)cc1. The standard InChI is InChI=1S/C19H24N2O3/c1-5-19(3,4)14-6-8-15(9-7-14)23-12-16-11-21-10-13(2)17(22)20-18(21)24-16/h6-10,16H,5,11-12H2,1-4H3/t16-/m0/s1. The molecule has 0 N–H and O–H groups in total. The van der Waals surface area contributed by atoms with Crippen LogP contribution in [0.15, 0.2) is 35.3 Å². The molecule has 128 valence electrons. The smallest absolute Gasteiger partial charge is 0.300 e. The van der Waals surface area contributed by atoms with Crippen molar-refractivity contribution in [2.75, 3.05) is 6.61 Å². The minimum atomic E-state index is -0.239. The van der Waals surface area contributed by atoms with Crippen LogP contribution in [0.1, 0.15) is 38.3 Å². The van der Waals surface area contributed by atoms with Gasteiger partial charge >= 0.3 is 0 Å². The maximum absolute atomic E-state index is 11.6. The molecule has 0 aliphatic carbocycles. The summed E-state index contributed by atoms with van der Waals surface area (Å²) >= 11 is 0. The molecule has 0 spiro atoms. The van der Waals surface area contributed by atoms with E-state index in [-0.39, 0.29) is 17.1 Å². The van der Waals surface area contributed by atoms with Gasteiger partial charge in [0.1, 0.15) is 12.4 Å². The molecule has 3 rings (SSSR count). The minimum Gasteiger partial charge on any atom is -0.490 e. The van der Waals surface area contributed by atoms with E-state index in [9.17, 15) is 4.79 Å². The van der Waals surface area contributed by atoms with Crippen LogP contribution in [0.4, 0.5) is 0 Å². The topological polar surface area (TPSA) is 53.4 Å². The highest BCUT2D eigenvalue weighted by atomic mass is 16.6. The molecule has 1 aromatic carbocycles. The average molecular weight is 328 g/mol. The monoisotopic (exact) mass is 328 g/mol. The molecule has 0 saturated heterocycles. The Morgan fingerprint density at radius 3 is 2.71 bits per heavy atom. The molecule has 5 heteroatoms. The number of aryl methyl sites for hydroxylation is 1. The third-order valence-electron chi connectivity index (χ3n) is 4.76. The van der Waals surface area contributed by atoms with E-state index >= 15 is 0 Å². The molecule has 5 nitrogen and oxygen atoms in total. The van der Waals surface area contributed by atoms with E-state index in [0.717, 1.165) is 12.2 Å². The molecule has 0 bridgehead atoms. The van der Waals surface area contributed by atoms with Gasteiger partial charge in [0.05, 0.1) is 6.54 Å². The minimum absolute atomic E-state index is 0.134. The number of nitrogens with zero attached hydrogens (tertiary/aromatic N) is 2. The Labute approximate surface area is 142 Å². The van der Waals surface area contributed by atoms with Gasteiger partial charge in [-0.2, -0.15) is 4.98 Å². The Bertz CT molecular complexity index is 778. The first-order valence-electron chi connectivity index (χ1n) is 8.37. The van der Waals surface area contributed by atoms with Gasteiger partial charge in [-0.15, -0.1) is 0 Å². The quantitative estimate of drug-likeness (QED) is 0.846. The fourth-order valence-electron chi connectivity index (χ4n) is 2.70. The summed E-state index contributed by atoms with van der Waals surface area (Å²) in [5.41, 5.74) is 1.86. The van der Waals surface area contributed by atoms with Gasteiger partial charge in [0.15, 0.2) is 6.10 Å². The van der Waals surface area contributed by atoms with Crippen molar-refractivity contribution in [3.8, 4) is 11.8 Å². The first-order valence-corrected chi connectivity index (χ1v) is 8.37. The lowest BCUT2D eigenvalue weighted by atomic mass is 9.82. The fourth-order valence-corrected chi connectivity index (χ4v) is 2.70. The molecule has 24 heavy (non-hydrogen) atoms. The fraction of sp³-hybridized carbons (Fsp3) is 0.474. The summed E-state index contributed by atoms with van der Waals surface area (Å²) in [7, 11) is 0. The average Bonchev–Trinajstić information content (AvgIpc) is 2.95. The van der Waals surface area contributed by atoms with Crippen molar-refractivity contribution in [2.45, 2.75) is 52.2 Å². The summed E-state index contributed by atoms with van der Waals surface area (Å²) in [5.74, 6) is 0.823. The second kappa shape index (κ2) is 6.30. The zero-order chi connectivity index (χ0) is 17.3. The van der Waals surface area contributed by atoms with Gasteiger partial charge in [-0.05, 0) is 36.5 Å². The number of aromatic nitrogens is 2. The third kappa shape index (κ3) is 3.30. The molecule has 0 radical (unpaired) electrons. The normalized spacial score (nSPS) is 16.6. The summed E-state index contributed by atoms with van der Waals surface area (Å²) < 4.78 is 13.4. The molecule has 0 unspecified atom stereocenters. The Hall–Kier alpha value is -2.30. The van der Waals surface area contributed by atoms with E-state index in [1.54, 1.807) is 13.1 Å². The summed E-state index contributed by atoms with van der Waals surface area (Å²) in [5, 5.41) is 0. The molecule has 0 saturated carbocycles. The van der Waals surface area contributed by atoms with Crippen LogP contribution in [0, 0.1) is 6.92 Å². The van der Waals surface area contributed by atoms with Gasteiger partial charge in [0, 0.05) is 11.8 Å². The van der Waals surface area contributed by atoms with Crippen molar-refractivity contribution in [2.24, 2.45) is 0 Å². The lowest BCUT2D eigenvalue weighted by molar-refractivity contribution is 0.143. The van der Waals surface area contributed by atoms with Gasteiger partial charge in [-0.3, -0.25) is 9.36 Å². The number of hydrogen-bond donors (Lipinski definition) is 0. The molecular weight excluding hydrogens is 304 g/mol. The van der Waals surface area contributed by atoms with E-state index in [1.165, 1.54) is 5.56 Å². The lowest BCUT2D eigenvalue weighted by Crippen LogP contribution is -2.23. The van der Waals surface area contributed by atoms with Gasteiger partial charge in [0.25, 0.3) is 11.6 Å². The second-order valence-electron chi connectivity index (χ2n) is 6.98. The van der Waals surface area contributed by atoms with E-state index in [1.807, 2.05) is 16.7 Å². The third-order valence-corrected chi connectivity index (χ3v) is 4.76. The van der Waals surface area contributed by atoms with E-state index in [4.69, 9.17) is 9.47 Å². The van der Waals surface area contributed by atoms with Crippen molar-refractivity contribution >= 4 is 0 Å². The Morgan fingerprint density at radius 1 is 1.33 bits per heavy atom. The van der Waals surface area contributed by atoms with Crippen molar-refractivity contribution < 1.29 is 9.47 Å². The number of hydrogen-bond acceptors (Lipinski definition) is 4. The van der Waals surface area contributed by atoms with Crippen LogP contribution in [-0.2, 0) is 12.0 Å². The van der Waals surface area contributed by atoms with Crippen molar-refractivity contribution in [1.82, 2.24) is 9.55 Å². The maximum atomic E-state index is 11.6. The Balaban J connectivity index is 1.60. The summed E-state index contributed by atoms with van der Waals surface area (Å²) in [6.45, 7) is 9.50. The van der Waals surface area contributed by atoms with Gasteiger partial charge in [0.2, 0.25) is 0 Å². The molecule has 2 aromatic rings. The Kier molecular flexibility index (Phi) is 4.35. The predicted molar refractivity (Wildman–Crippen MR) is 92.9 cm³/mol. The van der Waals surface area contributed by atoms with Crippen LogP contribution in [-0.4, -0.2) is 22.3 Å². The second-order valence-corrected chi connectivity index (χ2v) is 6.98. The van der Waals surface area contributed by atoms with Gasteiger partial charge in [-0.25, -0.2) is 0 Å². The largest absolute Gasteiger partial charge is 0.490 e. The van der Waals surface area contributed by atoms with Crippen LogP contribution >= 0.6 is 0 Å². The zero-order valence-electron chi connectivity index (χ0n) is 14.7.